The predicted octanol–water partition coefficient (Wildman–Crippen LogP) is -5.78. The molecule has 0 aromatic carbocycles. The normalized spacial score (nSPS) is 14.2. The van der Waals surface area contributed by atoms with Gasteiger partial charge in [-0.05, 0) is 6.42 Å². The Kier molecular flexibility index (Phi) is 11.6. The van der Waals surface area contributed by atoms with Gasteiger partial charge in [0.25, 0.3) is 0 Å². The summed E-state index contributed by atoms with van der Waals surface area (Å²) in [6, 6.07) is -0.205. The summed E-state index contributed by atoms with van der Waals surface area (Å²) >= 11 is 0. The van der Waals surface area contributed by atoms with Crippen molar-refractivity contribution < 1.29 is 88.6 Å². The van der Waals surface area contributed by atoms with E-state index in [2.05, 4.69) is 0 Å². The minimum Gasteiger partial charge on any atom is -0.748 e. The van der Waals surface area contributed by atoms with Crippen molar-refractivity contribution in [2.45, 2.75) is 18.6 Å². The van der Waals surface area contributed by atoms with Crippen LogP contribution < -0.4 is 51.4 Å². The third-order valence-corrected chi connectivity index (χ3v) is 3.33. The first-order valence-corrected chi connectivity index (χ1v) is 8.09. The van der Waals surface area contributed by atoms with Gasteiger partial charge in [0.2, 0.25) is 0 Å². The maximum absolute atomic E-state index is 10.2. The summed E-state index contributed by atoms with van der Waals surface area (Å²) in [5, 5.41) is 9.00. The van der Waals surface area contributed by atoms with Crippen LogP contribution in [0, 0.1) is 0 Å². The van der Waals surface area contributed by atoms with E-state index < -0.39 is 30.8 Å². The second-order valence-corrected chi connectivity index (χ2v) is 6.83. The van der Waals surface area contributed by atoms with Crippen molar-refractivity contribution in [3.63, 3.8) is 0 Å². The van der Waals surface area contributed by atoms with E-state index in [0.29, 0.717) is 0 Å². The van der Waals surface area contributed by atoms with Gasteiger partial charge in [-0.25, -0.2) is 8.42 Å². The largest absolute Gasteiger partial charge is 1.00 e. The Morgan fingerprint density at radius 1 is 1.29 bits per heavy atom. The van der Waals surface area contributed by atoms with Crippen LogP contribution in [0.2, 0.25) is 6.04 Å². The first-order chi connectivity index (χ1) is 7.10. The molecule has 4 N–H and O–H groups in total. The quantitative estimate of drug-likeness (QED) is 0.197. The van der Waals surface area contributed by atoms with Gasteiger partial charge in [0.15, 0.2) is 0 Å². The summed E-state index contributed by atoms with van der Waals surface area (Å²) in [6.07, 6.45) is -1.24. The van der Waals surface area contributed by atoms with Crippen molar-refractivity contribution >= 4 is 18.9 Å². The van der Waals surface area contributed by atoms with Gasteiger partial charge < -0.3 is 28.8 Å². The van der Waals surface area contributed by atoms with Gasteiger partial charge in [-0.15, -0.1) is 0 Å². The number of ether oxygens (including phenoxy) is 1. The first-order valence-electron chi connectivity index (χ1n) is 4.47. The fourth-order valence-corrected chi connectivity index (χ4v) is 2.10. The standard InChI is InChI=1S/C6H16O8SSi.K/c7-6(5-15(8,9)10)4-14-2-1-3-16(11,12)13;/h6-7,11-13H,1-5H2,(H,8,9,10);/q;+1/p-1. The van der Waals surface area contributed by atoms with Crippen LogP contribution in [0.25, 0.3) is 0 Å². The summed E-state index contributed by atoms with van der Waals surface area (Å²) in [7, 11) is -8.54. The molecule has 0 saturated carbocycles. The SMILES string of the molecule is O=S(=O)([O-])CC(O)COCCC[Si](O)(O)O.[K+]. The maximum Gasteiger partial charge on any atom is 1.00 e. The van der Waals surface area contributed by atoms with Gasteiger partial charge in [0.1, 0.15) is 0 Å². The topological polar surface area (TPSA) is 147 Å². The molecule has 0 aromatic heterocycles. The Hall–Kier alpha value is 1.56. The van der Waals surface area contributed by atoms with E-state index in [1.165, 1.54) is 0 Å². The van der Waals surface area contributed by atoms with Gasteiger partial charge in [-0.3, -0.25) is 0 Å². The average Bonchev–Trinajstić information content (AvgIpc) is 1.97. The summed E-state index contributed by atoms with van der Waals surface area (Å²) < 4.78 is 35.4. The van der Waals surface area contributed by atoms with E-state index in [9.17, 15) is 13.0 Å². The Bertz CT molecular complexity index is 289. The summed E-state index contributed by atoms with van der Waals surface area (Å²) in [6.45, 7) is -0.315. The number of rotatable bonds is 8. The molecule has 1 atom stereocenters. The molecule has 0 aliphatic rings. The molecule has 0 fully saturated rings. The van der Waals surface area contributed by atoms with Crippen LogP contribution in [-0.4, -0.2) is 66.3 Å². The molecule has 0 saturated heterocycles. The Balaban J connectivity index is 0. The van der Waals surface area contributed by atoms with Crippen LogP contribution in [0.5, 0.6) is 0 Å². The van der Waals surface area contributed by atoms with Gasteiger partial charge >= 0.3 is 60.2 Å². The predicted molar refractivity (Wildman–Crippen MR) is 53.2 cm³/mol. The van der Waals surface area contributed by atoms with Crippen molar-refractivity contribution in [3.05, 3.63) is 0 Å². The summed E-state index contributed by atoms with van der Waals surface area (Å²) in [5.74, 6) is -0.925. The van der Waals surface area contributed by atoms with Gasteiger partial charge in [-0.2, -0.15) is 0 Å². The van der Waals surface area contributed by atoms with Crippen LogP contribution in [0.3, 0.4) is 0 Å². The van der Waals surface area contributed by atoms with Crippen LogP contribution in [0.4, 0.5) is 0 Å². The third-order valence-electron chi connectivity index (χ3n) is 1.51. The average molecular weight is 314 g/mol. The zero-order valence-electron chi connectivity index (χ0n) is 9.44. The molecule has 0 amide bonds. The zero-order chi connectivity index (χ0) is 12.8. The van der Waals surface area contributed by atoms with Gasteiger partial charge in [0, 0.05) is 12.7 Å². The molecule has 0 radical (unpaired) electrons. The van der Waals surface area contributed by atoms with Crippen molar-refractivity contribution in [2.24, 2.45) is 0 Å². The Morgan fingerprint density at radius 3 is 2.24 bits per heavy atom. The van der Waals surface area contributed by atoms with Crippen LogP contribution in [-0.2, 0) is 14.9 Å². The van der Waals surface area contributed by atoms with E-state index in [1.807, 2.05) is 0 Å². The Morgan fingerprint density at radius 2 is 1.82 bits per heavy atom. The molecule has 8 nitrogen and oxygen atoms in total. The molecular formula is C6H15KO8SSi. The molecule has 0 aromatic rings. The van der Waals surface area contributed by atoms with E-state index in [1.54, 1.807) is 0 Å². The van der Waals surface area contributed by atoms with Gasteiger partial charge in [0.05, 0.1) is 28.6 Å². The smallest absolute Gasteiger partial charge is 0.748 e. The molecular weight excluding hydrogens is 299 g/mol. The summed E-state index contributed by atoms with van der Waals surface area (Å²) in [4.78, 5) is 25.8. The molecule has 17 heavy (non-hydrogen) atoms. The fourth-order valence-electron chi connectivity index (χ4n) is 0.915. The molecule has 0 spiro atoms. The molecule has 0 rings (SSSR count). The third kappa shape index (κ3) is 17.6. The van der Waals surface area contributed by atoms with Crippen molar-refractivity contribution in [3.8, 4) is 0 Å². The van der Waals surface area contributed by atoms with Crippen LogP contribution >= 0.6 is 0 Å². The second-order valence-electron chi connectivity index (χ2n) is 3.33. The minimum absolute atomic E-state index is 0. The molecule has 11 heteroatoms. The zero-order valence-corrected chi connectivity index (χ0v) is 14.4. The van der Waals surface area contributed by atoms with E-state index in [0.717, 1.165) is 0 Å². The number of hydrogen-bond acceptors (Lipinski definition) is 8. The molecule has 98 valence electrons. The van der Waals surface area contributed by atoms with Crippen molar-refractivity contribution in [1.82, 2.24) is 0 Å². The van der Waals surface area contributed by atoms with E-state index in [-0.39, 0.29) is 77.1 Å². The number of aliphatic hydroxyl groups excluding tert-OH is 1. The monoisotopic (exact) mass is 314 g/mol. The Labute approximate surface area is 143 Å². The minimum atomic E-state index is -4.48. The second kappa shape index (κ2) is 9.46. The van der Waals surface area contributed by atoms with Crippen LogP contribution in [0.1, 0.15) is 6.42 Å². The summed E-state index contributed by atoms with van der Waals surface area (Å²) in [5.41, 5.74) is 0. The van der Waals surface area contributed by atoms with Crippen molar-refractivity contribution in [2.75, 3.05) is 19.0 Å². The fraction of sp³-hybridized carbons (Fsp3) is 1.00. The molecule has 0 aliphatic carbocycles. The van der Waals surface area contributed by atoms with Crippen molar-refractivity contribution in [1.29, 1.82) is 0 Å². The molecule has 1 unspecified atom stereocenters. The van der Waals surface area contributed by atoms with E-state index in [4.69, 9.17) is 24.2 Å². The first kappa shape index (κ1) is 20.9. The number of aliphatic hydroxyl groups is 1. The molecule has 0 aliphatic heterocycles. The molecule has 0 bridgehead atoms. The van der Waals surface area contributed by atoms with Gasteiger partial charge in [-0.1, -0.05) is 0 Å². The molecule has 0 heterocycles. The van der Waals surface area contributed by atoms with E-state index >= 15 is 0 Å². The number of hydrogen-bond donors (Lipinski definition) is 4. The maximum atomic E-state index is 10.2. The van der Waals surface area contributed by atoms with Crippen LogP contribution in [0.15, 0.2) is 0 Å².